The van der Waals surface area contributed by atoms with Crippen LogP contribution in [-0.2, 0) is 14.3 Å². The molecule has 0 aromatic heterocycles. The van der Waals surface area contributed by atoms with E-state index in [0.717, 1.165) is 64.2 Å². The van der Waals surface area contributed by atoms with Crippen LogP contribution in [-0.4, -0.2) is 18.2 Å². The van der Waals surface area contributed by atoms with Crippen molar-refractivity contribution in [2.75, 3.05) is 0 Å². The fourth-order valence-corrected chi connectivity index (χ4v) is 7.98. The lowest BCUT2D eigenvalue weighted by molar-refractivity contribution is -0.155. The summed E-state index contributed by atoms with van der Waals surface area (Å²) in [4.78, 5) is 25.1. The molecule has 148 valence electrons. The van der Waals surface area contributed by atoms with Crippen LogP contribution < -0.4 is 0 Å². The molecule has 0 heterocycles. The Bertz CT molecular complexity index is 667. The lowest BCUT2D eigenvalue weighted by Gasteiger charge is -2.59. The summed E-state index contributed by atoms with van der Waals surface area (Å²) in [5.74, 6) is 3.80. The van der Waals surface area contributed by atoms with Gasteiger partial charge in [0.15, 0.2) is 0 Å². The molecule has 0 bridgehead atoms. The van der Waals surface area contributed by atoms with Gasteiger partial charge in [-0.3, -0.25) is 4.79 Å². The minimum Gasteiger partial charge on any atom is -0.495 e. The zero-order valence-corrected chi connectivity index (χ0v) is 16.8. The van der Waals surface area contributed by atoms with Gasteiger partial charge in [-0.05, 0) is 94.0 Å². The molecule has 0 spiro atoms. The number of ketones is 1. The van der Waals surface area contributed by atoms with E-state index in [9.17, 15) is 9.59 Å². The Labute approximate surface area is 163 Å². The highest BCUT2D eigenvalue weighted by atomic mass is 16.5. The Hall–Kier alpha value is -1.12. The average Bonchev–Trinajstić information content (AvgIpc) is 3.29. The third kappa shape index (κ3) is 2.59. The molecule has 0 radical (unpaired) electrons. The number of ether oxygens (including phenoxy) is 1. The highest BCUT2D eigenvalue weighted by Gasteiger charge is 2.61. The van der Waals surface area contributed by atoms with E-state index in [4.69, 9.17) is 4.74 Å². The minimum absolute atomic E-state index is 0.0899. The molecule has 5 rings (SSSR count). The number of rotatable bonds is 3. The van der Waals surface area contributed by atoms with E-state index < -0.39 is 0 Å². The second-order valence-electron chi connectivity index (χ2n) is 10.4. The van der Waals surface area contributed by atoms with Gasteiger partial charge < -0.3 is 9.53 Å². The standard InChI is InChI=1S/C24H34O3/c1-23-12-11-21-19(20(23)8-9-22(23)26)7-6-16-14-18(10-13-24(16,21)15-25)27-17-4-2-3-5-17/h4,15-16,18-21H,2-3,5-14H2,1H3/t16?,18?,19-,20-,21+,23-,24+/m0/s1. The number of aldehydes is 1. The lowest BCUT2D eigenvalue weighted by Crippen LogP contribution is -2.56. The normalized spacial score (nSPS) is 49.0. The predicted octanol–water partition coefficient (Wildman–Crippen LogP) is 5.23. The van der Waals surface area contributed by atoms with Crippen molar-refractivity contribution in [3.8, 4) is 0 Å². The van der Waals surface area contributed by atoms with Crippen LogP contribution in [0, 0.1) is 34.5 Å². The van der Waals surface area contributed by atoms with Crippen molar-refractivity contribution in [3.63, 3.8) is 0 Å². The molecule has 3 heteroatoms. The van der Waals surface area contributed by atoms with E-state index >= 15 is 0 Å². The van der Waals surface area contributed by atoms with E-state index in [-0.39, 0.29) is 10.8 Å². The summed E-state index contributed by atoms with van der Waals surface area (Å²) in [5.41, 5.74) is -0.229. The molecule has 4 fully saturated rings. The molecule has 0 aliphatic heterocycles. The van der Waals surface area contributed by atoms with Crippen molar-refractivity contribution in [3.05, 3.63) is 11.8 Å². The topological polar surface area (TPSA) is 43.4 Å². The third-order valence-corrected chi connectivity index (χ3v) is 9.43. The van der Waals surface area contributed by atoms with Crippen LogP contribution in [0.2, 0.25) is 0 Å². The smallest absolute Gasteiger partial charge is 0.139 e. The molecule has 5 aliphatic rings. The number of carbonyl (C=O) groups is 2. The van der Waals surface area contributed by atoms with Crippen LogP contribution in [0.1, 0.15) is 84.0 Å². The second-order valence-corrected chi connectivity index (χ2v) is 10.4. The van der Waals surface area contributed by atoms with Gasteiger partial charge in [-0.2, -0.15) is 0 Å². The van der Waals surface area contributed by atoms with E-state index in [2.05, 4.69) is 13.0 Å². The number of Topliss-reactive ketones (excluding diaryl/α,β-unsaturated/α-hetero) is 1. The van der Waals surface area contributed by atoms with Crippen LogP contribution in [0.5, 0.6) is 0 Å². The van der Waals surface area contributed by atoms with Gasteiger partial charge in [0.2, 0.25) is 0 Å². The molecule has 5 aliphatic carbocycles. The zero-order chi connectivity index (χ0) is 18.6. The maximum Gasteiger partial charge on any atom is 0.139 e. The van der Waals surface area contributed by atoms with Crippen LogP contribution in [0.3, 0.4) is 0 Å². The van der Waals surface area contributed by atoms with E-state index in [1.807, 2.05) is 0 Å². The van der Waals surface area contributed by atoms with E-state index in [0.29, 0.717) is 35.6 Å². The molecule has 0 saturated heterocycles. The van der Waals surface area contributed by atoms with Gasteiger partial charge in [0.05, 0.1) is 11.9 Å². The first-order chi connectivity index (χ1) is 13.1. The fourth-order valence-electron chi connectivity index (χ4n) is 7.98. The van der Waals surface area contributed by atoms with Crippen LogP contribution in [0.4, 0.5) is 0 Å². The Morgan fingerprint density at radius 2 is 1.96 bits per heavy atom. The first-order valence-corrected chi connectivity index (χ1v) is 11.4. The molecule has 0 N–H and O–H groups in total. The Morgan fingerprint density at radius 1 is 1.07 bits per heavy atom. The largest absolute Gasteiger partial charge is 0.495 e. The molecule has 27 heavy (non-hydrogen) atoms. The minimum atomic E-state index is -0.139. The molecule has 0 amide bonds. The SMILES string of the molecule is C[C@]12CC[C@@H]3[C@@H](CCC4CC(OC5=CCCC5)CC[C@@]43C=O)[C@@H]1CCC2=O. The summed E-state index contributed by atoms with van der Waals surface area (Å²) >= 11 is 0. The van der Waals surface area contributed by atoms with Gasteiger partial charge >= 0.3 is 0 Å². The number of carbonyl (C=O) groups excluding carboxylic acids is 2. The summed E-state index contributed by atoms with van der Waals surface area (Å²) in [6.45, 7) is 2.23. The molecule has 2 unspecified atom stereocenters. The van der Waals surface area contributed by atoms with Gasteiger partial charge in [0.1, 0.15) is 12.1 Å². The predicted molar refractivity (Wildman–Crippen MR) is 104 cm³/mol. The van der Waals surface area contributed by atoms with Crippen LogP contribution in [0.25, 0.3) is 0 Å². The quantitative estimate of drug-likeness (QED) is 0.639. The van der Waals surface area contributed by atoms with E-state index in [1.54, 1.807) is 0 Å². The summed E-state index contributed by atoms with van der Waals surface area (Å²) in [6, 6.07) is 0. The molecule has 4 saturated carbocycles. The van der Waals surface area contributed by atoms with Crippen molar-refractivity contribution in [2.45, 2.75) is 90.1 Å². The van der Waals surface area contributed by atoms with Crippen molar-refractivity contribution in [1.82, 2.24) is 0 Å². The highest BCUT2D eigenvalue weighted by molar-refractivity contribution is 5.87. The first kappa shape index (κ1) is 17.9. The molecule has 0 aromatic rings. The number of hydrogen-bond acceptors (Lipinski definition) is 3. The van der Waals surface area contributed by atoms with Crippen LogP contribution >= 0.6 is 0 Å². The van der Waals surface area contributed by atoms with Gasteiger partial charge in [0.25, 0.3) is 0 Å². The van der Waals surface area contributed by atoms with Gasteiger partial charge in [-0.15, -0.1) is 0 Å². The van der Waals surface area contributed by atoms with Gasteiger partial charge in [-0.25, -0.2) is 0 Å². The lowest BCUT2D eigenvalue weighted by atomic mass is 9.45. The summed E-state index contributed by atoms with van der Waals surface area (Å²) < 4.78 is 6.33. The fraction of sp³-hybridized carbons (Fsp3) is 0.833. The van der Waals surface area contributed by atoms with Gasteiger partial charge in [0, 0.05) is 23.7 Å². The average molecular weight is 371 g/mol. The first-order valence-electron chi connectivity index (χ1n) is 11.4. The summed E-state index contributed by atoms with van der Waals surface area (Å²) in [7, 11) is 0. The zero-order valence-electron chi connectivity index (χ0n) is 16.8. The van der Waals surface area contributed by atoms with Crippen molar-refractivity contribution < 1.29 is 14.3 Å². The second kappa shape index (κ2) is 6.46. The number of hydrogen-bond donors (Lipinski definition) is 0. The molecular formula is C24H34O3. The maximum absolute atomic E-state index is 12.6. The highest BCUT2D eigenvalue weighted by Crippen LogP contribution is 2.65. The molecule has 7 atom stereocenters. The summed E-state index contributed by atoms with van der Waals surface area (Å²) in [5, 5.41) is 0. The van der Waals surface area contributed by atoms with E-state index in [1.165, 1.54) is 24.9 Å². The molecule has 0 aromatic carbocycles. The number of allylic oxidation sites excluding steroid dienone is 2. The Morgan fingerprint density at radius 3 is 2.74 bits per heavy atom. The Kier molecular flexibility index (Phi) is 4.29. The monoisotopic (exact) mass is 370 g/mol. The molecular weight excluding hydrogens is 336 g/mol. The van der Waals surface area contributed by atoms with Crippen molar-refractivity contribution in [1.29, 1.82) is 0 Å². The Balaban J connectivity index is 1.36. The number of fused-ring (bicyclic) bond motifs is 5. The summed E-state index contributed by atoms with van der Waals surface area (Å²) in [6.07, 6.45) is 16.8. The van der Waals surface area contributed by atoms with Gasteiger partial charge in [-0.1, -0.05) is 6.92 Å². The van der Waals surface area contributed by atoms with Crippen molar-refractivity contribution in [2.24, 2.45) is 34.5 Å². The third-order valence-electron chi connectivity index (χ3n) is 9.43. The van der Waals surface area contributed by atoms with Crippen molar-refractivity contribution >= 4 is 12.1 Å². The maximum atomic E-state index is 12.6. The van der Waals surface area contributed by atoms with Crippen LogP contribution in [0.15, 0.2) is 11.8 Å². The molecule has 3 nitrogen and oxygen atoms in total.